The summed E-state index contributed by atoms with van der Waals surface area (Å²) < 4.78 is 0. The molecule has 4 heteroatoms. The zero-order valence-corrected chi connectivity index (χ0v) is 10.3. The average Bonchev–Trinajstić information content (AvgIpc) is 2.36. The van der Waals surface area contributed by atoms with Gasteiger partial charge in [-0.15, -0.1) is 0 Å². The van der Waals surface area contributed by atoms with Gasteiger partial charge in [0.25, 0.3) is 5.91 Å². The van der Waals surface area contributed by atoms with Crippen molar-refractivity contribution in [3.8, 4) is 0 Å². The molecule has 0 bridgehead atoms. The minimum absolute atomic E-state index is 0.00699. The van der Waals surface area contributed by atoms with Gasteiger partial charge in [-0.1, -0.05) is 6.07 Å². The van der Waals surface area contributed by atoms with Crippen molar-refractivity contribution in [2.75, 3.05) is 11.9 Å². The lowest BCUT2D eigenvalue weighted by atomic mass is 9.89. The summed E-state index contributed by atoms with van der Waals surface area (Å²) in [7, 11) is 0. The quantitative estimate of drug-likeness (QED) is 0.737. The van der Waals surface area contributed by atoms with Gasteiger partial charge in [0.05, 0.1) is 6.10 Å². The van der Waals surface area contributed by atoms with Gasteiger partial charge in [-0.2, -0.15) is 0 Å². The number of aliphatic hydroxyl groups is 1. The van der Waals surface area contributed by atoms with E-state index in [1.165, 1.54) is 0 Å². The zero-order valence-electron chi connectivity index (χ0n) is 10.3. The van der Waals surface area contributed by atoms with Crippen LogP contribution >= 0.6 is 0 Å². The number of rotatable bonds is 2. The first-order valence-corrected chi connectivity index (χ1v) is 6.59. The van der Waals surface area contributed by atoms with Crippen LogP contribution in [0.5, 0.6) is 0 Å². The van der Waals surface area contributed by atoms with E-state index < -0.39 is 0 Å². The molecule has 1 fully saturated rings. The molecule has 2 aliphatic rings. The molecule has 1 aliphatic heterocycles. The summed E-state index contributed by atoms with van der Waals surface area (Å²) in [5.74, 6) is -0.00699. The molecule has 3 rings (SSSR count). The Labute approximate surface area is 106 Å². The van der Waals surface area contributed by atoms with Crippen LogP contribution in [-0.2, 0) is 6.42 Å². The maximum atomic E-state index is 12.2. The standard InChI is InChI=1S/C14H18N2O2/c17-10-7-9(8-10)16-14(18)12-3-1-5-13-11(12)4-2-6-15-13/h1,3,5,9-10,15,17H,2,4,6-8H2,(H,16,18). The third-order valence-electron chi connectivity index (χ3n) is 3.79. The lowest BCUT2D eigenvalue weighted by Crippen LogP contribution is -2.47. The van der Waals surface area contributed by atoms with E-state index in [0.29, 0.717) is 12.8 Å². The number of nitrogens with one attached hydrogen (secondary N) is 2. The SMILES string of the molecule is O=C(NC1CC(O)C1)c1cccc2c1CCCN2. The first-order chi connectivity index (χ1) is 8.74. The van der Waals surface area contributed by atoms with Crippen LogP contribution in [0.4, 0.5) is 5.69 Å². The highest BCUT2D eigenvalue weighted by Gasteiger charge is 2.29. The molecule has 1 aromatic carbocycles. The lowest BCUT2D eigenvalue weighted by molar-refractivity contribution is 0.0562. The van der Waals surface area contributed by atoms with E-state index in [1.54, 1.807) is 0 Å². The molecule has 18 heavy (non-hydrogen) atoms. The Morgan fingerprint density at radius 2 is 2.22 bits per heavy atom. The zero-order chi connectivity index (χ0) is 12.5. The molecule has 1 amide bonds. The Morgan fingerprint density at radius 1 is 1.39 bits per heavy atom. The van der Waals surface area contributed by atoms with Crippen molar-refractivity contribution in [2.24, 2.45) is 0 Å². The molecule has 1 aliphatic carbocycles. The first kappa shape index (κ1) is 11.5. The van der Waals surface area contributed by atoms with E-state index in [-0.39, 0.29) is 18.1 Å². The number of amides is 1. The van der Waals surface area contributed by atoms with Crippen LogP contribution in [0.2, 0.25) is 0 Å². The molecule has 4 nitrogen and oxygen atoms in total. The fourth-order valence-corrected chi connectivity index (χ4v) is 2.69. The smallest absolute Gasteiger partial charge is 0.251 e. The summed E-state index contributed by atoms with van der Waals surface area (Å²) in [6.45, 7) is 0.979. The van der Waals surface area contributed by atoms with E-state index in [4.69, 9.17) is 0 Å². The fraction of sp³-hybridized carbons (Fsp3) is 0.500. The highest BCUT2D eigenvalue weighted by atomic mass is 16.3. The summed E-state index contributed by atoms with van der Waals surface area (Å²) in [6.07, 6.45) is 3.15. The molecule has 96 valence electrons. The van der Waals surface area contributed by atoms with Crippen LogP contribution in [0.15, 0.2) is 18.2 Å². The number of aliphatic hydroxyl groups excluding tert-OH is 1. The third-order valence-corrected chi connectivity index (χ3v) is 3.79. The van der Waals surface area contributed by atoms with Crippen molar-refractivity contribution in [1.29, 1.82) is 0 Å². The second-order valence-corrected chi connectivity index (χ2v) is 5.16. The van der Waals surface area contributed by atoms with Gasteiger partial charge in [0.15, 0.2) is 0 Å². The Balaban J connectivity index is 1.77. The van der Waals surface area contributed by atoms with Gasteiger partial charge in [-0.3, -0.25) is 4.79 Å². The molecule has 1 saturated carbocycles. The summed E-state index contributed by atoms with van der Waals surface area (Å²) in [5, 5.41) is 15.5. The highest BCUT2D eigenvalue weighted by Crippen LogP contribution is 2.26. The monoisotopic (exact) mass is 246 g/mol. The second-order valence-electron chi connectivity index (χ2n) is 5.16. The van der Waals surface area contributed by atoms with Gasteiger partial charge in [0.2, 0.25) is 0 Å². The number of hydrogen-bond donors (Lipinski definition) is 3. The van der Waals surface area contributed by atoms with Crippen molar-refractivity contribution in [3.05, 3.63) is 29.3 Å². The maximum Gasteiger partial charge on any atom is 0.251 e. The minimum atomic E-state index is -0.235. The fourth-order valence-electron chi connectivity index (χ4n) is 2.69. The molecule has 0 saturated heterocycles. The maximum absolute atomic E-state index is 12.2. The van der Waals surface area contributed by atoms with Gasteiger partial charge < -0.3 is 15.7 Å². The topological polar surface area (TPSA) is 61.4 Å². The summed E-state index contributed by atoms with van der Waals surface area (Å²) in [5.41, 5.74) is 2.99. The lowest BCUT2D eigenvalue weighted by Gasteiger charge is -2.32. The van der Waals surface area contributed by atoms with Gasteiger partial charge in [-0.25, -0.2) is 0 Å². The molecule has 0 unspecified atom stereocenters. The number of fused-ring (bicyclic) bond motifs is 1. The van der Waals surface area contributed by atoms with Crippen molar-refractivity contribution >= 4 is 11.6 Å². The molecule has 0 aromatic heterocycles. The molecular weight excluding hydrogens is 228 g/mol. The van der Waals surface area contributed by atoms with Crippen LogP contribution in [-0.4, -0.2) is 29.7 Å². The van der Waals surface area contributed by atoms with Crippen molar-refractivity contribution in [3.63, 3.8) is 0 Å². The Bertz CT molecular complexity index is 467. The van der Waals surface area contributed by atoms with Crippen LogP contribution in [0, 0.1) is 0 Å². The summed E-state index contributed by atoms with van der Waals surface area (Å²) in [6, 6.07) is 5.97. The third kappa shape index (κ3) is 2.08. The van der Waals surface area contributed by atoms with Crippen LogP contribution in [0.1, 0.15) is 35.2 Å². The minimum Gasteiger partial charge on any atom is -0.393 e. The Morgan fingerprint density at radius 3 is 3.00 bits per heavy atom. The van der Waals surface area contributed by atoms with Crippen molar-refractivity contribution < 1.29 is 9.90 Å². The van der Waals surface area contributed by atoms with Gasteiger partial charge in [0.1, 0.15) is 0 Å². The number of anilines is 1. The second kappa shape index (κ2) is 4.61. The normalized spacial score (nSPS) is 25.6. The molecule has 0 radical (unpaired) electrons. The molecule has 0 spiro atoms. The number of hydrogen-bond acceptors (Lipinski definition) is 3. The van der Waals surface area contributed by atoms with Crippen LogP contribution < -0.4 is 10.6 Å². The molecule has 0 atom stereocenters. The van der Waals surface area contributed by atoms with Gasteiger partial charge >= 0.3 is 0 Å². The van der Waals surface area contributed by atoms with E-state index >= 15 is 0 Å². The molecule has 1 aromatic rings. The van der Waals surface area contributed by atoms with Crippen LogP contribution in [0.25, 0.3) is 0 Å². The van der Waals surface area contributed by atoms with Gasteiger partial charge in [0, 0.05) is 23.8 Å². The Kier molecular flexibility index (Phi) is 2.96. The van der Waals surface area contributed by atoms with E-state index in [9.17, 15) is 9.90 Å². The van der Waals surface area contributed by atoms with Crippen LogP contribution in [0.3, 0.4) is 0 Å². The molecule has 1 heterocycles. The highest BCUT2D eigenvalue weighted by molar-refractivity contribution is 5.97. The summed E-state index contributed by atoms with van der Waals surface area (Å²) in [4.78, 5) is 12.2. The summed E-state index contributed by atoms with van der Waals surface area (Å²) >= 11 is 0. The number of carbonyl (C=O) groups is 1. The van der Waals surface area contributed by atoms with Crippen molar-refractivity contribution in [1.82, 2.24) is 5.32 Å². The predicted octanol–water partition coefficient (Wildman–Crippen LogP) is 1.30. The number of benzene rings is 1. The van der Waals surface area contributed by atoms with Crippen molar-refractivity contribution in [2.45, 2.75) is 37.8 Å². The van der Waals surface area contributed by atoms with E-state index in [2.05, 4.69) is 10.6 Å². The van der Waals surface area contributed by atoms with E-state index in [0.717, 1.165) is 36.2 Å². The van der Waals surface area contributed by atoms with E-state index in [1.807, 2.05) is 18.2 Å². The van der Waals surface area contributed by atoms with Gasteiger partial charge in [-0.05, 0) is 43.4 Å². The first-order valence-electron chi connectivity index (χ1n) is 6.59. The molecular formula is C14H18N2O2. The largest absolute Gasteiger partial charge is 0.393 e. The number of carbonyl (C=O) groups excluding carboxylic acids is 1. The molecule has 3 N–H and O–H groups in total. The predicted molar refractivity (Wildman–Crippen MR) is 69.7 cm³/mol. The Hall–Kier alpha value is -1.55. The average molecular weight is 246 g/mol.